The molecule has 0 saturated heterocycles. The molecule has 0 radical (unpaired) electrons. The second-order valence-corrected chi connectivity index (χ2v) is 6.02. The van der Waals surface area contributed by atoms with Crippen LogP contribution in [-0.2, 0) is 0 Å². The van der Waals surface area contributed by atoms with E-state index in [2.05, 4.69) is 36.7 Å². The highest BCUT2D eigenvalue weighted by Gasteiger charge is 2.24. The Labute approximate surface area is 173 Å². The summed E-state index contributed by atoms with van der Waals surface area (Å²) < 4.78 is 0. The zero-order valence-electron chi connectivity index (χ0n) is 15.0. The lowest BCUT2D eigenvalue weighted by atomic mass is 10.2. The van der Waals surface area contributed by atoms with Crippen molar-refractivity contribution in [1.82, 2.24) is 25.8 Å². The summed E-state index contributed by atoms with van der Waals surface area (Å²) in [4.78, 5) is 46.3. The Balaban J connectivity index is 1.72. The van der Waals surface area contributed by atoms with Crippen LogP contribution in [0.1, 0.15) is 20.7 Å². The molecule has 3 rings (SSSR count). The molecule has 152 valence electrons. The number of carbonyl (C=O) groups excluding carboxylic acids is 2. The molecule has 2 aromatic heterocycles. The number of hydrogen-bond donors (Lipinski definition) is 4. The third kappa shape index (κ3) is 4.94. The van der Waals surface area contributed by atoms with Crippen molar-refractivity contribution >= 4 is 40.7 Å². The third-order valence-electron chi connectivity index (χ3n) is 3.62. The molecule has 0 spiro atoms. The molecule has 1 aromatic carbocycles. The van der Waals surface area contributed by atoms with Gasteiger partial charge in [0.2, 0.25) is 11.6 Å². The van der Waals surface area contributed by atoms with Gasteiger partial charge in [-0.25, -0.2) is 9.97 Å². The fraction of sp³-hybridized carbons (Fsp3) is 0. The molecule has 0 atom stereocenters. The molecule has 3 aromatic rings. The molecule has 13 heteroatoms. The molecule has 12 nitrogen and oxygen atoms in total. The van der Waals surface area contributed by atoms with Crippen molar-refractivity contribution in [3.63, 3.8) is 0 Å². The number of rotatable bonds is 7. The van der Waals surface area contributed by atoms with Crippen LogP contribution in [0.3, 0.4) is 0 Å². The quantitative estimate of drug-likeness (QED) is 0.325. The molecule has 0 aliphatic heterocycles. The normalized spacial score (nSPS) is 10.0. The second-order valence-electron chi connectivity index (χ2n) is 5.58. The second kappa shape index (κ2) is 9.25. The van der Waals surface area contributed by atoms with E-state index in [1.165, 1.54) is 42.7 Å². The minimum Gasteiger partial charge on any atom is -0.276 e. The van der Waals surface area contributed by atoms with Crippen LogP contribution in [0.4, 0.5) is 17.3 Å². The lowest BCUT2D eigenvalue weighted by molar-refractivity contribution is -0.383. The number of amides is 2. The molecular weight excluding hydrogens is 416 g/mol. The van der Waals surface area contributed by atoms with Crippen molar-refractivity contribution in [2.45, 2.75) is 0 Å². The van der Waals surface area contributed by atoms with Gasteiger partial charge in [0.15, 0.2) is 0 Å². The first-order valence-corrected chi connectivity index (χ1v) is 8.61. The van der Waals surface area contributed by atoms with E-state index >= 15 is 0 Å². The number of anilines is 2. The number of nitro groups is 1. The smallest absolute Gasteiger partial charge is 0.276 e. The van der Waals surface area contributed by atoms with Crippen LogP contribution >= 0.6 is 11.6 Å². The van der Waals surface area contributed by atoms with Crippen LogP contribution in [0, 0.1) is 10.1 Å². The number of hydrazine groups is 2. The van der Waals surface area contributed by atoms with Crippen molar-refractivity contribution in [3.8, 4) is 0 Å². The standard InChI is InChI=1S/C17H13ClN8O4/c18-12-5-3-10(4-6-12)16(27)24-22-14-13(26(29)30)15(21-9-20-14)23-25-17(28)11-2-1-7-19-8-11/h1-9H,(H,24,27)(H,25,28)(H2,20,21,22,23). The number of halogens is 1. The highest BCUT2D eigenvalue weighted by molar-refractivity contribution is 6.30. The third-order valence-corrected chi connectivity index (χ3v) is 3.88. The largest absolute Gasteiger partial charge is 0.356 e. The van der Waals surface area contributed by atoms with Crippen LogP contribution < -0.4 is 21.7 Å². The Hall–Kier alpha value is -4.32. The summed E-state index contributed by atoms with van der Waals surface area (Å²) in [5.41, 5.74) is 9.23. The van der Waals surface area contributed by atoms with Crippen molar-refractivity contribution in [2.75, 3.05) is 10.9 Å². The Kier molecular flexibility index (Phi) is 6.29. The number of hydrogen-bond acceptors (Lipinski definition) is 9. The summed E-state index contributed by atoms with van der Waals surface area (Å²) >= 11 is 5.77. The number of pyridine rings is 1. The number of nitrogens with zero attached hydrogens (tertiary/aromatic N) is 4. The number of nitrogens with one attached hydrogen (secondary N) is 4. The number of benzene rings is 1. The molecule has 2 amide bonds. The van der Waals surface area contributed by atoms with Gasteiger partial charge in [-0.2, -0.15) is 0 Å². The van der Waals surface area contributed by atoms with Gasteiger partial charge in [0, 0.05) is 23.0 Å². The van der Waals surface area contributed by atoms with E-state index in [4.69, 9.17) is 11.6 Å². The van der Waals surface area contributed by atoms with E-state index in [0.29, 0.717) is 5.02 Å². The van der Waals surface area contributed by atoms with Crippen molar-refractivity contribution in [2.24, 2.45) is 0 Å². The maximum atomic E-state index is 12.2. The molecule has 0 bridgehead atoms. The van der Waals surface area contributed by atoms with Gasteiger partial charge in [0.05, 0.1) is 10.5 Å². The Morgan fingerprint density at radius 3 is 2.07 bits per heavy atom. The predicted octanol–water partition coefficient (Wildman–Crippen LogP) is 1.95. The Bertz CT molecular complexity index is 1080. The molecule has 4 N–H and O–H groups in total. The molecule has 30 heavy (non-hydrogen) atoms. The zero-order chi connectivity index (χ0) is 21.5. The van der Waals surface area contributed by atoms with Gasteiger partial charge >= 0.3 is 5.69 Å². The van der Waals surface area contributed by atoms with E-state index in [9.17, 15) is 19.7 Å². The molecule has 0 unspecified atom stereocenters. The first-order chi connectivity index (χ1) is 14.5. The fourth-order valence-electron chi connectivity index (χ4n) is 2.21. The van der Waals surface area contributed by atoms with Crippen molar-refractivity contribution in [3.05, 3.63) is 81.4 Å². The van der Waals surface area contributed by atoms with E-state index in [1.54, 1.807) is 6.07 Å². The summed E-state index contributed by atoms with van der Waals surface area (Å²) in [6.45, 7) is 0. The number of aromatic nitrogens is 3. The lowest BCUT2D eigenvalue weighted by Gasteiger charge is -2.11. The van der Waals surface area contributed by atoms with Crippen LogP contribution in [0.25, 0.3) is 0 Å². The van der Waals surface area contributed by atoms with Gasteiger partial charge in [-0.3, -0.25) is 46.4 Å². The molecule has 0 aliphatic rings. The van der Waals surface area contributed by atoms with E-state index in [-0.39, 0.29) is 22.8 Å². The van der Waals surface area contributed by atoms with E-state index in [1.807, 2.05) is 0 Å². The highest BCUT2D eigenvalue weighted by Crippen LogP contribution is 2.27. The maximum absolute atomic E-state index is 12.2. The fourth-order valence-corrected chi connectivity index (χ4v) is 2.34. The number of carbonyl (C=O) groups is 2. The van der Waals surface area contributed by atoms with Gasteiger partial charge in [-0.15, -0.1) is 0 Å². The molecule has 0 saturated carbocycles. The van der Waals surface area contributed by atoms with E-state index < -0.39 is 22.4 Å². The van der Waals surface area contributed by atoms with Crippen LogP contribution in [0.5, 0.6) is 0 Å². The monoisotopic (exact) mass is 428 g/mol. The highest BCUT2D eigenvalue weighted by atomic mass is 35.5. The first-order valence-electron chi connectivity index (χ1n) is 8.23. The summed E-state index contributed by atoms with van der Waals surface area (Å²) in [5.74, 6) is -1.74. The maximum Gasteiger partial charge on any atom is 0.356 e. The average molecular weight is 429 g/mol. The molecule has 2 heterocycles. The zero-order valence-corrected chi connectivity index (χ0v) is 15.8. The van der Waals surface area contributed by atoms with Crippen molar-refractivity contribution in [1.29, 1.82) is 0 Å². The van der Waals surface area contributed by atoms with Gasteiger partial charge in [-0.05, 0) is 36.4 Å². The minimum atomic E-state index is -0.769. The Morgan fingerprint density at radius 2 is 1.53 bits per heavy atom. The van der Waals surface area contributed by atoms with Gasteiger partial charge in [-0.1, -0.05) is 11.6 Å². The summed E-state index contributed by atoms with van der Waals surface area (Å²) in [7, 11) is 0. The predicted molar refractivity (Wildman–Crippen MR) is 107 cm³/mol. The lowest BCUT2D eigenvalue weighted by Crippen LogP contribution is -2.32. The SMILES string of the molecule is O=C(NNc1ncnc(NNC(=O)c2cccnc2)c1[N+](=O)[O-])c1ccc(Cl)cc1. The van der Waals surface area contributed by atoms with E-state index in [0.717, 1.165) is 6.33 Å². The summed E-state index contributed by atoms with van der Waals surface area (Å²) in [6, 6.07) is 9.08. The summed E-state index contributed by atoms with van der Waals surface area (Å²) in [6.07, 6.45) is 3.84. The van der Waals surface area contributed by atoms with Crippen molar-refractivity contribution < 1.29 is 14.5 Å². The molecular formula is C17H13ClN8O4. The van der Waals surface area contributed by atoms with Crippen LogP contribution in [0.15, 0.2) is 55.1 Å². The minimum absolute atomic E-state index is 0.232. The first kappa shape index (κ1) is 20.4. The molecule has 0 fully saturated rings. The summed E-state index contributed by atoms with van der Waals surface area (Å²) in [5, 5.41) is 12.0. The van der Waals surface area contributed by atoms with Gasteiger partial charge < -0.3 is 0 Å². The van der Waals surface area contributed by atoms with Gasteiger partial charge in [0.1, 0.15) is 6.33 Å². The average Bonchev–Trinajstić information content (AvgIpc) is 2.76. The topological polar surface area (TPSA) is 164 Å². The van der Waals surface area contributed by atoms with Crippen LogP contribution in [-0.4, -0.2) is 31.7 Å². The Morgan fingerprint density at radius 1 is 0.933 bits per heavy atom. The van der Waals surface area contributed by atoms with Crippen LogP contribution in [0.2, 0.25) is 5.02 Å². The molecule has 0 aliphatic carbocycles. The van der Waals surface area contributed by atoms with Gasteiger partial charge in [0.25, 0.3) is 11.8 Å².